The Morgan fingerprint density at radius 1 is 1.47 bits per heavy atom. The van der Waals surface area contributed by atoms with Gasteiger partial charge in [0.1, 0.15) is 6.61 Å². The molecule has 0 bridgehead atoms. The molecule has 0 aromatic heterocycles. The number of hydrogen-bond acceptors (Lipinski definition) is 2. The van der Waals surface area contributed by atoms with Crippen LogP contribution in [0.25, 0.3) is 0 Å². The van der Waals surface area contributed by atoms with Gasteiger partial charge in [0.15, 0.2) is 0 Å². The van der Waals surface area contributed by atoms with Crippen molar-refractivity contribution in [3.8, 4) is 0 Å². The maximum Gasteiger partial charge on any atom is 0.261 e. The molecule has 1 atom stereocenters. The van der Waals surface area contributed by atoms with Gasteiger partial charge in [-0.05, 0) is 19.3 Å². The first-order valence-corrected chi connectivity index (χ1v) is 6.40. The molecule has 0 aliphatic carbocycles. The van der Waals surface area contributed by atoms with Crippen LogP contribution in [-0.4, -0.2) is 48.9 Å². The number of nitrogens with zero attached hydrogens (tertiary/aromatic N) is 1. The van der Waals surface area contributed by atoms with E-state index in [4.69, 9.17) is 16.3 Å². The molecule has 1 unspecified atom stereocenters. The van der Waals surface area contributed by atoms with E-state index in [1.54, 1.807) is 4.90 Å². The Morgan fingerprint density at radius 3 is 2.88 bits per heavy atom. The predicted molar refractivity (Wildman–Crippen MR) is 61.5 cm³/mol. The van der Waals surface area contributed by atoms with Gasteiger partial charge in [-0.15, -0.1) is 11.6 Å². The molecule has 1 aliphatic heterocycles. The molecule has 1 aliphatic rings. The fourth-order valence-corrected chi connectivity index (χ4v) is 2.29. The van der Waals surface area contributed by atoms with Gasteiger partial charge in [0.2, 0.25) is 5.91 Å². The first-order valence-electron chi connectivity index (χ1n) is 5.86. The molecule has 0 aromatic carbocycles. The first kappa shape index (κ1) is 14.6. The standard InChI is InChI=1S/C11H18ClF2NO2/c12-7-9-3-1-2-5-15(9)11(16)4-6-17-8-10(13)14/h9-10H,1-8H2. The van der Waals surface area contributed by atoms with Gasteiger partial charge >= 0.3 is 0 Å². The molecule has 1 fully saturated rings. The quantitative estimate of drug-likeness (QED) is 0.547. The Morgan fingerprint density at radius 2 is 2.24 bits per heavy atom. The number of piperidine rings is 1. The SMILES string of the molecule is O=C(CCOCC(F)F)N1CCCCC1CCl. The lowest BCUT2D eigenvalue weighted by Gasteiger charge is -2.34. The van der Waals surface area contributed by atoms with Crippen LogP contribution < -0.4 is 0 Å². The summed E-state index contributed by atoms with van der Waals surface area (Å²) >= 11 is 5.80. The van der Waals surface area contributed by atoms with E-state index in [0.717, 1.165) is 19.3 Å². The minimum absolute atomic E-state index is 0.0503. The van der Waals surface area contributed by atoms with Crippen molar-refractivity contribution in [3.05, 3.63) is 0 Å². The van der Waals surface area contributed by atoms with Crippen LogP contribution in [0, 0.1) is 0 Å². The van der Waals surface area contributed by atoms with Crippen LogP contribution in [0.2, 0.25) is 0 Å². The van der Waals surface area contributed by atoms with Gasteiger partial charge in [-0.25, -0.2) is 8.78 Å². The number of hydrogen-bond donors (Lipinski definition) is 0. The molecule has 100 valence electrons. The molecule has 1 heterocycles. The van der Waals surface area contributed by atoms with Crippen molar-refractivity contribution in [2.24, 2.45) is 0 Å². The zero-order valence-corrected chi connectivity index (χ0v) is 10.5. The van der Waals surface area contributed by atoms with E-state index in [1.165, 1.54) is 0 Å². The fourth-order valence-electron chi connectivity index (χ4n) is 1.96. The van der Waals surface area contributed by atoms with Crippen LogP contribution >= 0.6 is 11.6 Å². The molecule has 17 heavy (non-hydrogen) atoms. The minimum Gasteiger partial charge on any atom is -0.375 e. The first-order chi connectivity index (χ1) is 8.15. The molecular weight excluding hydrogens is 252 g/mol. The highest BCUT2D eigenvalue weighted by Gasteiger charge is 2.25. The molecule has 1 amide bonds. The van der Waals surface area contributed by atoms with Gasteiger partial charge in [-0.3, -0.25) is 4.79 Å². The fraction of sp³-hybridized carbons (Fsp3) is 0.909. The van der Waals surface area contributed by atoms with E-state index in [-0.39, 0.29) is 25.0 Å². The zero-order valence-electron chi connectivity index (χ0n) is 9.71. The van der Waals surface area contributed by atoms with Crippen molar-refractivity contribution in [3.63, 3.8) is 0 Å². The lowest BCUT2D eigenvalue weighted by Crippen LogP contribution is -2.45. The van der Waals surface area contributed by atoms with E-state index >= 15 is 0 Å². The average molecular weight is 270 g/mol. The monoisotopic (exact) mass is 269 g/mol. The second-order valence-corrected chi connectivity index (χ2v) is 4.42. The minimum atomic E-state index is -2.48. The smallest absolute Gasteiger partial charge is 0.261 e. The number of carbonyl (C=O) groups excluding carboxylic acids is 1. The summed E-state index contributed by atoms with van der Waals surface area (Å²) in [5, 5.41) is 0. The van der Waals surface area contributed by atoms with Gasteiger partial charge < -0.3 is 9.64 Å². The van der Waals surface area contributed by atoms with Crippen LogP contribution in [0.3, 0.4) is 0 Å². The Kier molecular flexibility index (Phi) is 6.73. The number of amides is 1. The highest BCUT2D eigenvalue weighted by Crippen LogP contribution is 2.18. The summed E-state index contributed by atoms with van der Waals surface area (Å²) in [4.78, 5) is 13.6. The van der Waals surface area contributed by atoms with E-state index in [9.17, 15) is 13.6 Å². The average Bonchev–Trinajstić information content (AvgIpc) is 2.34. The third-order valence-corrected chi connectivity index (χ3v) is 3.19. The van der Waals surface area contributed by atoms with E-state index < -0.39 is 13.0 Å². The van der Waals surface area contributed by atoms with Gasteiger partial charge in [0.25, 0.3) is 6.43 Å². The summed E-state index contributed by atoms with van der Waals surface area (Å²) in [6.45, 7) is 0.159. The van der Waals surface area contributed by atoms with E-state index in [1.807, 2.05) is 0 Å². The van der Waals surface area contributed by atoms with Crippen molar-refractivity contribution in [1.82, 2.24) is 4.90 Å². The molecule has 6 heteroatoms. The van der Waals surface area contributed by atoms with Crippen molar-refractivity contribution >= 4 is 17.5 Å². The predicted octanol–water partition coefficient (Wildman–Crippen LogP) is 2.28. The van der Waals surface area contributed by atoms with Crippen molar-refractivity contribution < 1.29 is 18.3 Å². The molecule has 0 N–H and O–H groups in total. The highest BCUT2D eigenvalue weighted by atomic mass is 35.5. The van der Waals surface area contributed by atoms with Crippen LogP contribution in [0.5, 0.6) is 0 Å². The molecule has 1 rings (SSSR count). The number of carbonyl (C=O) groups is 1. The molecule has 0 saturated carbocycles. The normalized spacial score (nSPS) is 20.9. The molecule has 0 spiro atoms. The molecule has 0 radical (unpaired) electrons. The molecular formula is C11H18ClF2NO2. The van der Waals surface area contributed by atoms with Crippen LogP contribution in [0.4, 0.5) is 8.78 Å². The number of likely N-dealkylation sites (tertiary alicyclic amines) is 1. The summed E-state index contributed by atoms with van der Waals surface area (Å²) in [6, 6.07) is 0.0908. The Hall–Kier alpha value is -0.420. The summed E-state index contributed by atoms with van der Waals surface area (Å²) in [5.74, 6) is 0.383. The third-order valence-electron chi connectivity index (χ3n) is 2.83. The number of rotatable bonds is 6. The summed E-state index contributed by atoms with van der Waals surface area (Å²) in [5.41, 5.74) is 0. The number of halogens is 3. The lowest BCUT2D eigenvalue weighted by molar-refractivity contribution is -0.135. The van der Waals surface area contributed by atoms with Crippen molar-refractivity contribution in [1.29, 1.82) is 0 Å². The number of alkyl halides is 3. The van der Waals surface area contributed by atoms with Gasteiger partial charge in [0, 0.05) is 18.5 Å². The summed E-state index contributed by atoms with van der Waals surface area (Å²) in [6.07, 6.45) is 0.670. The Labute approximate surface area is 105 Å². The van der Waals surface area contributed by atoms with E-state index in [0.29, 0.717) is 12.4 Å². The summed E-state index contributed by atoms with van der Waals surface area (Å²) < 4.78 is 28.3. The second-order valence-electron chi connectivity index (χ2n) is 4.11. The lowest BCUT2D eigenvalue weighted by atomic mass is 10.0. The highest BCUT2D eigenvalue weighted by molar-refractivity contribution is 6.18. The maximum atomic E-state index is 11.8. The summed E-state index contributed by atoms with van der Waals surface area (Å²) in [7, 11) is 0. The molecule has 0 aromatic rings. The van der Waals surface area contributed by atoms with Gasteiger partial charge in [-0.1, -0.05) is 0 Å². The largest absolute Gasteiger partial charge is 0.375 e. The van der Waals surface area contributed by atoms with E-state index in [2.05, 4.69) is 0 Å². The van der Waals surface area contributed by atoms with Gasteiger partial charge in [0.05, 0.1) is 13.0 Å². The third kappa shape index (κ3) is 5.17. The van der Waals surface area contributed by atoms with Crippen LogP contribution in [0.1, 0.15) is 25.7 Å². The Balaban J connectivity index is 2.25. The zero-order chi connectivity index (χ0) is 12.7. The van der Waals surface area contributed by atoms with Crippen LogP contribution in [-0.2, 0) is 9.53 Å². The molecule has 3 nitrogen and oxygen atoms in total. The second kappa shape index (κ2) is 7.82. The maximum absolute atomic E-state index is 11.8. The topological polar surface area (TPSA) is 29.5 Å². The molecule has 1 saturated heterocycles. The number of ether oxygens (including phenoxy) is 1. The van der Waals surface area contributed by atoms with Crippen molar-refractivity contribution in [2.45, 2.75) is 38.2 Å². The van der Waals surface area contributed by atoms with Gasteiger partial charge in [-0.2, -0.15) is 0 Å². The van der Waals surface area contributed by atoms with Crippen molar-refractivity contribution in [2.75, 3.05) is 25.6 Å². The van der Waals surface area contributed by atoms with Crippen LogP contribution in [0.15, 0.2) is 0 Å². The Bertz CT molecular complexity index is 242.